The predicted octanol–water partition coefficient (Wildman–Crippen LogP) is 3.10. The maximum Gasteiger partial charge on any atom is 0.413 e. The number of nitrogens with one attached hydrogen (secondary N) is 4. The number of alkyl carbamates (subject to hydrolysis) is 1. The van der Waals surface area contributed by atoms with E-state index in [1.807, 2.05) is 30.3 Å². The van der Waals surface area contributed by atoms with E-state index in [1.165, 1.54) is 4.90 Å². The second-order valence-electron chi connectivity index (χ2n) is 8.86. The molecule has 1 aliphatic heterocycles. The zero-order valence-corrected chi connectivity index (χ0v) is 21.1. The molecule has 1 aliphatic rings. The summed E-state index contributed by atoms with van der Waals surface area (Å²) in [5.41, 5.74) is 3.37. The highest BCUT2D eigenvalue weighted by Gasteiger charge is 2.26. The molecule has 3 aromatic rings. The zero-order valence-electron chi connectivity index (χ0n) is 21.1. The lowest BCUT2D eigenvalue weighted by Gasteiger charge is -2.19. The monoisotopic (exact) mass is 529 g/mol. The molecule has 1 heterocycles. The van der Waals surface area contributed by atoms with E-state index in [-0.39, 0.29) is 24.9 Å². The molecule has 11 nitrogen and oxygen atoms in total. The normalized spacial score (nSPS) is 14.1. The van der Waals surface area contributed by atoms with Crippen LogP contribution < -0.4 is 20.9 Å². The van der Waals surface area contributed by atoms with Crippen LogP contribution in [0.1, 0.15) is 33.5 Å². The van der Waals surface area contributed by atoms with Gasteiger partial charge in [0.25, 0.3) is 5.91 Å². The van der Waals surface area contributed by atoms with Gasteiger partial charge in [-0.15, -0.1) is 0 Å². The van der Waals surface area contributed by atoms with E-state index in [1.54, 1.807) is 49.5 Å². The summed E-state index contributed by atoms with van der Waals surface area (Å²) < 4.78 is 5.14. The van der Waals surface area contributed by atoms with Gasteiger partial charge < -0.3 is 25.4 Å². The van der Waals surface area contributed by atoms with E-state index < -0.39 is 30.4 Å². The number of benzene rings is 3. The van der Waals surface area contributed by atoms with Gasteiger partial charge in [-0.2, -0.15) is 0 Å². The standard InChI is InChI=1S/C28H27N5O6/c1-33(27(37)19-7-8-20-15-30-26(36)23(14-24(34)35)31-22(20)13-19)21-11-9-18(10-12-21)25(29)32-28(38)39-16-17-5-3-2-4-6-17/h2-13,23,31H,14-16H2,1H3,(H,30,36)(H,34,35)(H2,29,32,38)/t23-/m1/s1. The fourth-order valence-electron chi connectivity index (χ4n) is 3.97. The van der Waals surface area contributed by atoms with Crippen LogP contribution in [-0.2, 0) is 27.5 Å². The van der Waals surface area contributed by atoms with Crippen LogP contribution in [0.4, 0.5) is 16.2 Å². The molecule has 0 saturated carbocycles. The van der Waals surface area contributed by atoms with E-state index in [0.29, 0.717) is 22.5 Å². The molecule has 0 bridgehead atoms. The van der Waals surface area contributed by atoms with Crippen LogP contribution in [0.25, 0.3) is 0 Å². The number of hydrogen-bond donors (Lipinski definition) is 5. The number of amides is 3. The van der Waals surface area contributed by atoms with Crippen molar-refractivity contribution >= 4 is 41.1 Å². The quantitative estimate of drug-likeness (QED) is 0.232. The Morgan fingerprint density at radius 2 is 1.74 bits per heavy atom. The topological polar surface area (TPSA) is 161 Å². The van der Waals surface area contributed by atoms with E-state index in [4.69, 9.17) is 15.3 Å². The second-order valence-corrected chi connectivity index (χ2v) is 8.86. The molecule has 0 aromatic heterocycles. The Morgan fingerprint density at radius 3 is 2.44 bits per heavy atom. The van der Waals surface area contributed by atoms with Gasteiger partial charge in [-0.3, -0.25) is 25.1 Å². The minimum absolute atomic E-state index is 0.0804. The van der Waals surface area contributed by atoms with Gasteiger partial charge in [0.05, 0.1) is 6.42 Å². The van der Waals surface area contributed by atoms with Gasteiger partial charge in [0.15, 0.2) is 0 Å². The molecule has 11 heteroatoms. The summed E-state index contributed by atoms with van der Waals surface area (Å²) in [7, 11) is 1.60. The summed E-state index contributed by atoms with van der Waals surface area (Å²) in [6.45, 7) is 0.292. The number of hydrogen-bond acceptors (Lipinski definition) is 7. The van der Waals surface area contributed by atoms with Gasteiger partial charge in [0.1, 0.15) is 18.5 Å². The van der Waals surface area contributed by atoms with Gasteiger partial charge in [-0.25, -0.2) is 4.79 Å². The molecule has 3 aromatic carbocycles. The predicted molar refractivity (Wildman–Crippen MR) is 144 cm³/mol. The summed E-state index contributed by atoms with van der Waals surface area (Å²) >= 11 is 0. The largest absolute Gasteiger partial charge is 0.481 e. The summed E-state index contributed by atoms with van der Waals surface area (Å²) in [6, 6.07) is 19.7. The lowest BCUT2D eigenvalue weighted by atomic mass is 10.1. The van der Waals surface area contributed by atoms with Gasteiger partial charge >= 0.3 is 12.1 Å². The number of aliphatic carboxylic acids is 1. The van der Waals surface area contributed by atoms with Crippen LogP contribution in [0.15, 0.2) is 72.8 Å². The van der Waals surface area contributed by atoms with Crippen LogP contribution in [0.3, 0.4) is 0 Å². The van der Waals surface area contributed by atoms with Gasteiger partial charge in [-0.05, 0) is 47.5 Å². The Kier molecular flexibility index (Phi) is 8.20. The number of ether oxygens (including phenoxy) is 1. The van der Waals surface area contributed by atoms with Crippen LogP contribution in [0.5, 0.6) is 0 Å². The van der Waals surface area contributed by atoms with E-state index in [0.717, 1.165) is 11.1 Å². The molecular weight excluding hydrogens is 502 g/mol. The van der Waals surface area contributed by atoms with Crippen LogP contribution in [0.2, 0.25) is 0 Å². The third kappa shape index (κ3) is 6.77. The Labute approximate surface area is 224 Å². The van der Waals surface area contributed by atoms with Crippen molar-refractivity contribution in [2.75, 3.05) is 17.3 Å². The van der Waals surface area contributed by atoms with Crippen molar-refractivity contribution in [3.63, 3.8) is 0 Å². The number of anilines is 2. The second kappa shape index (κ2) is 11.9. The summed E-state index contributed by atoms with van der Waals surface area (Å²) in [5, 5.41) is 25.3. The first-order valence-corrected chi connectivity index (χ1v) is 12.0. The number of rotatable bonds is 7. The first-order chi connectivity index (χ1) is 18.7. The van der Waals surface area contributed by atoms with Crippen molar-refractivity contribution < 1.29 is 29.0 Å². The molecule has 0 unspecified atom stereocenters. The van der Waals surface area contributed by atoms with E-state index in [9.17, 15) is 19.2 Å². The molecule has 1 atom stereocenters. The maximum atomic E-state index is 13.2. The highest BCUT2D eigenvalue weighted by Crippen LogP contribution is 2.24. The molecule has 4 rings (SSSR count). The first kappa shape index (κ1) is 26.9. The third-order valence-electron chi connectivity index (χ3n) is 6.12. The summed E-state index contributed by atoms with van der Waals surface area (Å²) in [4.78, 5) is 50.0. The van der Waals surface area contributed by atoms with Crippen molar-refractivity contribution in [3.05, 3.63) is 95.1 Å². The highest BCUT2D eigenvalue weighted by molar-refractivity contribution is 6.07. The van der Waals surface area contributed by atoms with Crippen molar-refractivity contribution in [3.8, 4) is 0 Å². The van der Waals surface area contributed by atoms with Crippen molar-refractivity contribution in [1.82, 2.24) is 10.6 Å². The van der Waals surface area contributed by atoms with Crippen molar-refractivity contribution in [2.24, 2.45) is 0 Å². The van der Waals surface area contributed by atoms with Gasteiger partial charge in [0.2, 0.25) is 5.91 Å². The summed E-state index contributed by atoms with van der Waals surface area (Å²) in [6.07, 6.45) is -1.15. The maximum absolute atomic E-state index is 13.2. The lowest BCUT2D eigenvalue weighted by molar-refractivity contribution is -0.139. The Morgan fingerprint density at radius 1 is 1.05 bits per heavy atom. The smallest absolute Gasteiger partial charge is 0.413 e. The Hall–Kier alpha value is -5.19. The molecule has 0 radical (unpaired) electrons. The summed E-state index contributed by atoms with van der Waals surface area (Å²) in [5.74, 6) is -2.02. The number of carboxylic acids is 1. The number of carbonyl (C=O) groups excluding carboxylic acids is 3. The molecule has 0 spiro atoms. The average Bonchev–Trinajstić information content (AvgIpc) is 3.09. The van der Waals surface area contributed by atoms with E-state index >= 15 is 0 Å². The Bertz CT molecular complexity index is 1410. The molecular formula is C28H27N5O6. The highest BCUT2D eigenvalue weighted by atomic mass is 16.5. The zero-order chi connectivity index (χ0) is 27.9. The molecule has 3 amide bonds. The van der Waals surface area contributed by atoms with Crippen LogP contribution >= 0.6 is 0 Å². The minimum atomic E-state index is -1.12. The molecule has 200 valence electrons. The van der Waals surface area contributed by atoms with Crippen molar-refractivity contribution in [2.45, 2.75) is 25.6 Å². The van der Waals surface area contributed by atoms with Crippen LogP contribution in [0, 0.1) is 5.41 Å². The fourth-order valence-corrected chi connectivity index (χ4v) is 3.97. The first-order valence-electron chi connectivity index (χ1n) is 12.0. The lowest BCUT2D eigenvalue weighted by Crippen LogP contribution is -2.38. The molecule has 0 aliphatic carbocycles. The Balaban J connectivity index is 1.39. The number of nitrogens with zero attached hydrogens (tertiary/aromatic N) is 1. The third-order valence-corrected chi connectivity index (χ3v) is 6.12. The minimum Gasteiger partial charge on any atom is -0.481 e. The molecule has 39 heavy (non-hydrogen) atoms. The van der Waals surface area contributed by atoms with Crippen molar-refractivity contribution in [1.29, 1.82) is 5.41 Å². The number of amidine groups is 1. The molecule has 5 N–H and O–H groups in total. The SMILES string of the molecule is CN(C(=O)c1ccc2c(c1)N[C@H](CC(=O)O)C(=O)NC2)c1ccc(C(=N)NC(=O)OCc2ccccc2)cc1. The number of carboxylic acid groups (broad SMARTS) is 1. The average molecular weight is 530 g/mol. The van der Waals surface area contributed by atoms with Gasteiger partial charge in [0, 0.05) is 36.1 Å². The van der Waals surface area contributed by atoms with E-state index in [2.05, 4.69) is 16.0 Å². The molecule has 0 saturated heterocycles. The number of carbonyl (C=O) groups is 4. The van der Waals surface area contributed by atoms with Crippen LogP contribution in [-0.4, -0.2) is 47.9 Å². The molecule has 0 fully saturated rings. The fraction of sp³-hybridized carbons (Fsp3) is 0.179. The number of fused-ring (bicyclic) bond motifs is 1. The van der Waals surface area contributed by atoms with Gasteiger partial charge in [-0.1, -0.05) is 36.4 Å².